The molecule has 0 aromatic rings. The van der Waals surface area contributed by atoms with Crippen LogP contribution in [0.2, 0.25) is 0 Å². The largest absolute Gasteiger partial charge is 0.356 e. The molecule has 2 unspecified atom stereocenters. The first kappa shape index (κ1) is 11.5. The van der Waals surface area contributed by atoms with E-state index >= 15 is 0 Å². The molecule has 3 nitrogen and oxygen atoms in total. The van der Waals surface area contributed by atoms with Crippen LogP contribution in [0.5, 0.6) is 0 Å². The van der Waals surface area contributed by atoms with Crippen molar-refractivity contribution in [3.05, 3.63) is 0 Å². The molecule has 2 saturated heterocycles. The van der Waals surface area contributed by atoms with Gasteiger partial charge in [-0.2, -0.15) is 0 Å². The first-order chi connectivity index (χ1) is 8.29. The van der Waals surface area contributed by atoms with Crippen LogP contribution in [0.4, 0.5) is 0 Å². The zero-order valence-corrected chi connectivity index (χ0v) is 10.6. The summed E-state index contributed by atoms with van der Waals surface area (Å²) in [7, 11) is 0. The van der Waals surface area contributed by atoms with Gasteiger partial charge >= 0.3 is 0 Å². The zero-order chi connectivity index (χ0) is 11.7. The Bertz CT molecular complexity index is 276. The van der Waals surface area contributed by atoms with Crippen LogP contribution in [0.15, 0.2) is 0 Å². The number of hydrogen-bond donors (Lipinski definition) is 2. The maximum absolute atomic E-state index is 11.8. The molecule has 0 spiro atoms. The highest BCUT2D eigenvalue weighted by Crippen LogP contribution is 2.33. The summed E-state index contributed by atoms with van der Waals surface area (Å²) in [5.74, 6) is 1.84. The smallest absolute Gasteiger partial charge is 0.220 e. The first-order valence-corrected chi connectivity index (χ1v) is 7.32. The number of amides is 1. The Morgan fingerprint density at radius 2 is 1.76 bits per heavy atom. The van der Waals surface area contributed by atoms with Gasteiger partial charge in [0.15, 0.2) is 0 Å². The molecule has 2 aliphatic heterocycles. The van der Waals surface area contributed by atoms with Gasteiger partial charge in [0.1, 0.15) is 0 Å². The molecule has 0 radical (unpaired) electrons. The fourth-order valence-electron chi connectivity index (χ4n) is 3.50. The molecule has 3 rings (SSSR count). The molecule has 17 heavy (non-hydrogen) atoms. The topological polar surface area (TPSA) is 41.1 Å². The minimum atomic E-state index is 0.289. The fraction of sp³-hybridized carbons (Fsp3) is 0.929. The summed E-state index contributed by atoms with van der Waals surface area (Å²) in [5.41, 5.74) is 0. The van der Waals surface area contributed by atoms with E-state index in [0.717, 1.165) is 18.9 Å². The molecule has 1 aliphatic carbocycles. The number of fused-ring (bicyclic) bond motifs is 2. The van der Waals surface area contributed by atoms with Gasteiger partial charge in [0.2, 0.25) is 5.91 Å². The summed E-state index contributed by atoms with van der Waals surface area (Å²) >= 11 is 0. The fourth-order valence-corrected chi connectivity index (χ4v) is 3.50. The van der Waals surface area contributed by atoms with Crippen molar-refractivity contribution in [1.82, 2.24) is 10.6 Å². The predicted molar refractivity (Wildman–Crippen MR) is 67.6 cm³/mol. The lowest BCUT2D eigenvalue weighted by Gasteiger charge is -2.28. The molecular formula is C14H24N2O. The second-order valence-corrected chi connectivity index (χ2v) is 6.26. The maximum atomic E-state index is 11.8. The third-order valence-corrected chi connectivity index (χ3v) is 4.62. The van der Waals surface area contributed by atoms with Crippen LogP contribution >= 0.6 is 0 Å². The van der Waals surface area contributed by atoms with Crippen molar-refractivity contribution in [3.63, 3.8) is 0 Å². The number of hydrogen-bond acceptors (Lipinski definition) is 2. The number of nitrogens with one attached hydrogen (secondary N) is 2. The summed E-state index contributed by atoms with van der Waals surface area (Å²) in [5, 5.41) is 6.72. The summed E-state index contributed by atoms with van der Waals surface area (Å²) < 4.78 is 0. The van der Waals surface area contributed by atoms with E-state index in [-0.39, 0.29) is 5.91 Å². The molecule has 1 amide bonds. The summed E-state index contributed by atoms with van der Waals surface area (Å²) in [6.07, 6.45) is 9.80. The molecule has 3 fully saturated rings. The average Bonchev–Trinajstić information content (AvgIpc) is 3.04. The summed E-state index contributed by atoms with van der Waals surface area (Å²) in [6.45, 7) is 0.904. The Balaban J connectivity index is 1.35. The summed E-state index contributed by atoms with van der Waals surface area (Å²) in [4.78, 5) is 11.8. The van der Waals surface area contributed by atoms with E-state index < -0.39 is 0 Å². The van der Waals surface area contributed by atoms with E-state index in [4.69, 9.17) is 0 Å². The Morgan fingerprint density at radius 3 is 2.41 bits per heavy atom. The lowest BCUT2D eigenvalue weighted by Crippen LogP contribution is -2.39. The SMILES string of the molecule is O=C(CC1CC2CCC(C1)N2)NCCC1CC1. The third-order valence-electron chi connectivity index (χ3n) is 4.62. The molecular weight excluding hydrogens is 212 g/mol. The molecule has 1 saturated carbocycles. The minimum Gasteiger partial charge on any atom is -0.356 e. The monoisotopic (exact) mass is 236 g/mol. The van der Waals surface area contributed by atoms with E-state index in [1.54, 1.807) is 0 Å². The highest BCUT2D eigenvalue weighted by molar-refractivity contribution is 5.76. The Labute approximate surface area is 104 Å². The first-order valence-electron chi connectivity index (χ1n) is 7.32. The van der Waals surface area contributed by atoms with E-state index in [9.17, 15) is 4.79 Å². The normalized spacial score (nSPS) is 35.9. The Morgan fingerprint density at radius 1 is 1.06 bits per heavy atom. The van der Waals surface area contributed by atoms with Crippen molar-refractivity contribution in [2.45, 2.75) is 63.5 Å². The highest BCUT2D eigenvalue weighted by atomic mass is 16.1. The highest BCUT2D eigenvalue weighted by Gasteiger charge is 2.34. The molecule has 0 aromatic heterocycles. The molecule has 2 heterocycles. The lowest BCUT2D eigenvalue weighted by molar-refractivity contribution is -0.122. The van der Waals surface area contributed by atoms with Gasteiger partial charge in [-0.3, -0.25) is 4.79 Å². The van der Waals surface area contributed by atoms with Crippen LogP contribution in [-0.4, -0.2) is 24.5 Å². The minimum absolute atomic E-state index is 0.289. The van der Waals surface area contributed by atoms with Gasteiger partial charge in [-0.05, 0) is 43.9 Å². The predicted octanol–water partition coefficient (Wildman–Crippen LogP) is 1.82. The van der Waals surface area contributed by atoms with Gasteiger partial charge in [-0.25, -0.2) is 0 Å². The standard InChI is InChI=1S/C14H24N2O/c17-14(15-6-5-10-1-2-10)9-11-7-12-3-4-13(8-11)16-12/h10-13,16H,1-9H2,(H,15,17). The Hall–Kier alpha value is -0.570. The van der Waals surface area contributed by atoms with E-state index in [2.05, 4.69) is 10.6 Å². The van der Waals surface area contributed by atoms with E-state index in [1.807, 2.05) is 0 Å². The van der Waals surface area contributed by atoms with Crippen molar-refractivity contribution in [2.75, 3.05) is 6.54 Å². The van der Waals surface area contributed by atoms with Gasteiger partial charge in [0.25, 0.3) is 0 Å². The van der Waals surface area contributed by atoms with Crippen molar-refractivity contribution in [1.29, 1.82) is 0 Å². The van der Waals surface area contributed by atoms with Crippen LogP contribution in [-0.2, 0) is 4.79 Å². The van der Waals surface area contributed by atoms with Gasteiger partial charge in [0.05, 0.1) is 0 Å². The zero-order valence-electron chi connectivity index (χ0n) is 10.6. The maximum Gasteiger partial charge on any atom is 0.220 e. The molecule has 2 N–H and O–H groups in total. The number of piperidine rings is 1. The molecule has 0 aromatic carbocycles. The Kier molecular flexibility index (Phi) is 3.37. The molecule has 2 atom stereocenters. The average molecular weight is 236 g/mol. The quantitative estimate of drug-likeness (QED) is 0.764. The molecule has 2 bridgehead atoms. The van der Waals surface area contributed by atoms with Gasteiger partial charge in [-0.15, -0.1) is 0 Å². The van der Waals surface area contributed by atoms with E-state index in [1.165, 1.54) is 44.9 Å². The molecule has 3 aliphatic rings. The molecule has 3 heteroatoms. The number of rotatable bonds is 5. The summed E-state index contributed by atoms with van der Waals surface area (Å²) in [6, 6.07) is 1.41. The lowest BCUT2D eigenvalue weighted by atomic mass is 9.89. The van der Waals surface area contributed by atoms with Crippen molar-refractivity contribution in [3.8, 4) is 0 Å². The second kappa shape index (κ2) is 4.97. The van der Waals surface area contributed by atoms with Crippen LogP contribution in [0.25, 0.3) is 0 Å². The van der Waals surface area contributed by atoms with Gasteiger partial charge in [-0.1, -0.05) is 12.8 Å². The van der Waals surface area contributed by atoms with Crippen molar-refractivity contribution >= 4 is 5.91 Å². The van der Waals surface area contributed by atoms with Crippen molar-refractivity contribution in [2.24, 2.45) is 11.8 Å². The number of carbonyl (C=O) groups excluding carboxylic acids is 1. The van der Waals surface area contributed by atoms with Crippen molar-refractivity contribution < 1.29 is 4.79 Å². The van der Waals surface area contributed by atoms with Crippen LogP contribution in [0.1, 0.15) is 51.4 Å². The third kappa shape index (κ3) is 3.21. The van der Waals surface area contributed by atoms with Gasteiger partial charge < -0.3 is 10.6 Å². The second-order valence-electron chi connectivity index (χ2n) is 6.26. The number of carbonyl (C=O) groups is 1. The van der Waals surface area contributed by atoms with Crippen LogP contribution in [0.3, 0.4) is 0 Å². The molecule has 96 valence electrons. The van der Waals surface area contributed by atoms with Crippen LogP contribution in [0, 0.1) is 11.8 Å². The van der Waals surface area contributed by atoms with Gasteiger partial charge in [0, 0.05) is 25.0 Å². The van der Waals surface area contributed by atoms with E-state index in [0.29, 0.717) is 18.0 Å². The van der Waals surface area contributed by atoms with Crippen LogP contribution < -0.4 is 10.6 Å².